The Hall–Kier alpha value is -4.53. The standard InChI is InChI=1S/C29H32F3N8O5P/c1-5-44-46(42)16-18-6-7-22(24(10-18)43-4)38-28-34-12-20(29(30,31)32)26(39-28)37-23-9-8-21(36-25(23)27(41)33-3)19-11-35-40(14-19)13-17(2)15-45-46/h6-12,14,17H,5,13,15-16H2,1-4H3,(H,33,41)(H2,34,37,38,39)/t17-,46?/m0/s1. The molecule has 7 heterocycles. The number of amides is 1. The summed E-state index contributed by atoms with van der Waals surface area (Å²) in [6.45, 7) is 4.32. The monoisotopic (exact) mass is 660 g/mol. The first-order valence-electron chi connectivity index (χ1n) is 14.2. The van der Waals surface area contributed by atoms with Crippen molar-refractivity contribution >= 4 is 36.6 Å². The Labute approximate surface area is 262 Å². The second-order valence-corrected chi connectivity index (χ2v) is 12.5. The lowest BCUT2D eigenvalue weighted by Crippen LogP contribution is -2.21. The van der Waals surface area contributed by atoms with E-state index in [9.17, 15) is 22.5 Å². The molecule has 0 saturated carbocycles. The van der Waals surface area contributed by atoms with Crippen LogP contribution in [0.3, 0.4) is 0 Å². The van der Waals surface area contributed by atoms with Crippen LogP contribution in [0.15, 0.2) is 48.9 Å². The number of hydrogen-bond donors (Lipinski definition) is 3. The molecule has 3 aromatic heterocycles. The van der Waals surface area contributed by atoms with Crippen LogP contribution < -0.4 is 20.7 Å². The lowest BCUT2D eigenvalue weighted by Gasteiger charge is -2.21. The highest BCUT2D eigenvalue weighted by molar-refractivity contribution is 7.53. The molecule has 1 unspecified atom stereocenters. The highest BCUT2D eigenvalue weighted by Crippen LogP contribution is 2.52. The van der Waals surface area contributed by atoms with E-state index in [2.05, 4.69) is 36.0 Å². The van der Waals surface area contributed by atoms with Gasteiger partial charge < -0.3 is 29.7 Å². The number of benzene rings is 1. The molecule has 8 rings (SSSR count). The normalized spacial score (nSPS) is 18.5. The Morgan fingerprint density at radius 3 is 2.67 bits per heavy atom. The maximum atomic E-state index is 14.1. The van der Waals surface area contributed by atoms with Crippen LogP contribution in [0.1, 0.15) is 35.5 Å². The molecule has 17 heteroatoms. The summed E-state index contributed by atoms with van der Waals surface area (Å²) >= 11 is 0. The van der Waals surface area contributed by atoms with Crippen molar-refractivity contribution in [1.29, 1.82) is 0 Å². The second-order valence-electron chi connectivity index (χ2n) is 10.4. The van der Waals surface area contributed by atoms with Gasteiger partial charge in [-0.25, -0.2) is 9.97 Å². The predicted molar refractivity (Wildman–Crippen MR) is 163 cm³/mol. The summed E-state index contributed by atoms with van der Waals surface area (Å²) in [4.78, 5) is 25.3. The zero-order valence-corrected chi connectivity index (χ0v) is 26.3. The van der Waals surface area contributed by atoms with E-state index in [1.807, 2.05) is 6.92 Å². The number of anilines is 4. The summed E-state index contributed by atoms with van der Waals surface area (Å²) in [5.74, 6) is -1.29. The minimum atomic E-state index is -4.83. The zero-order chi connectivity index (χ0) is 33.1. The average molecular weight is 661 g/mol. The number of carbonyl (C=O) groups excluding carboxylic acids is 1. The first-order chi connectivity index (χ1) is 21.9. The van der Waals surface area contributed by atoms with Gasteiger partial charge in [0.05, 0.1) is 49.8 Å². The number of aromatic nitrogens is 5. The molecular weight excluding hydrogens is 628 g/mol. The Balaban J connectivity index is 1.64. The summed E-state index contributed by atoms with van der Waals surface area (Å²) in [6.07, 6.45) is -0.975. The second kappa shape index (κ2) is 13.4. The first kappa shape index (κ1) is 32.9. The highest BCUT2D eigenvalue weighted by atomic mass is 31.2. The number of alkyl halides is 3. The number of ether oxygens (including phenoxy) is 1. The van der Waals surface area contributed by atoms with Crippen molar-refractivity contribution in [1.82, 2.24) is 30.0 Å². The van der Waals surface area contributed by atoms with Crippen LogP contribution in [0.5, 0.6) is 5.75 Å². The molecule has 0 aliphatic carbocycles. The molecule has 0 fully saturated rings. The van der Waals surface area contributed by atoms with Gasteiger partial charge in [-0.05, 0) is 42.7 Å². The van der Waals surface area contributed by atoms with Gasteiger partial charge in [-0.1, -0.05) is 13.0 Å². The van der Waals surface area contributed by atoms with Crippen LogP contribution in [0.25, 0.3) is 11.3 Å². The maximum absolute atomic E-state index is 14.1. The molecule has 46 heavy (non-hydrogen) atoms. The average Bonchev–Trinajstić information content (AvgIpc) is 3.48. The number of nitrogens with one attached hydrogen (secondary N) is 3. The number of halogens is 3. The van der Waals surface area contributed by atoms with Crippen molar-refractivity contribution in [3.63, 3.8) is 0 Å². The van der Waals surface area contributed by atoms with E-state index < -0.39 is 31.1 Å². The molecule has 13 nitrogen and oxygen atoms in total. The van der Waals surface area contributed by atoms with E-state index in [-0.39, 0.29) is 48.4 Å². The van der Waals surface area contributed by atoms with Crippen molar-refractivity contribution in [2.75, 3.05) is 38.0 Å². The summed E-state index contributed by atoms with van der Waals surface area (Å²) in [5, 5.41) is 12.4. The Morgan fingerprint density at radius 1 is 1.17 bits per heavy atom. The molecule has 4 aliphatic rings. The summed E-state index contributed by atoms with van der Waals surface area (Å²) < 4.78 is 74.5. The van der Waals surface area contributed by atoms with E-state index in [0.29, 0.717) is 35.2 Å². The van der Waals surface area contributed by atoms with Crippen molar-refractivity contribution in [3.05, 3.63) is 65.7 Å². The Morgan fingerprint density at radius 2 is 1.96 bits per heavy atom. The van der Waals surface area contributed by atoms with Gasteiger partial charge in [0.2, 0.25) is 5.95 Å². The molecule has 2 atom stereocenters. The van der Waals surface area contributed by atoms with Crippen molar-refractivity contribution in [3.8, 4) is 17.0 Å². The zero-order valence-electron chi connectivity index (χ0n) is 25.4. The highest BCUT2D eigenvalue weighted by Gasteiger charge is 2.36. The van der Waals surface area contributed by atoms with E-state index in [1.54, 1.807) is 48.3 Å². The SMILES string of the molecule is CCOP1(=O)Cc2ccc(c(OC)c2)Nc2ncc(C(F)(F)F)c(n2)Nc2ccc(nc2C(=O)NC)-c2cnn(c2)C[C@H](C)CO1. The topological polar surface area (TPSA) is 154 Å². The minimum absolute atomic E-state index is 0.0146. The molecule has 1 amide bonds. The van der Waals surface area contributed by atoms with Gasteiger partial charge in [-0.2, -0.15) is 23.3 Å². The number of hydrogen-bond acceptors (Lipinski definition) is 11. The predicted octanol–water partition coefficient (Wildman–Crippen LogP) is 6.01. The van der Waals surface area contributed by atoms with Crippen LogP contribution in [-0.2, 0) is 32.5 Å². The van der Waals surface area contributed by atoms with E-state index in [0.717, 1.165) is 0 Å². The molecular formula is C29H32F3N8O5P. The van der Waals surface area contributed by atoms with Crippen LogP contribution in [0, 0.1) is 5.92 Å². The van der Waals surface area contributed by atoms with Gasteiger partial charge in [0.25, 0.3) is 5.91 Å². The fourth-order valence-electron chi connectivity index (χ4n) is 4.70. The number of nitrogens with zero attached hydrogens (tertiary/aromatic N) is 5. The molecule has 4 aromatic rings. The molecule has 4 aliphatic heterocycles. The largest absolute Gasteiger partial charge is 0.495 e. The molecule has 3 N–H and O–H groups in total. The van der Waals surface area contributed by atoms with Crippen LogP contribution >= 0.6 is 7.60 Å². The molecule has 244 valence electrons. The van der Waals surface area contributed by atoms with Gasteiger partial charge in [-0.15, -0.1) is 0 Å². The maximum Gasteiger partial charge on any atom is 0.421 e. The van der Waals surface area contributed by atoms with Crippen LogP contribution in [0.2, 0.25) is 0 Å². The minimum Gasteiger partial charge on any atom is -0.495 e. The van der Waals surface area contributed by atoms with E-state index >= 15 is 0 Å². The number of carbonyl (C=O) groups is 1. The smallest absolute Gasteiger partial charge is 0.421 e. The third kappa shape index (κ3) is 7.46. The number of rotatable bonds is 4. The fourth-order valence-corrected chi connectivity index (χ4v) is 6.48. The molecule has 0 spiro atoms. The van der Waals surface area contributed by atoms with Crippen molar-refractivity contribution in [2.24, 2.45) is 5.92 Å². The quantitative estimate of drug-likeness (QED) is 0.221. The first-order valence-corrected chi connectivity index (χ1v) is 15.9. The lowest BCUT2D eigenvalue weighted by atomic mass is 10.1. The lowest BCUT2D eigenvalue weighted by molar-refractivity contribution is -0.137. The van der Waals surface area contributed by atoms with Crippen molar-refractivity contribution < 1.29 is 36.3 Å². The van der Waals surface area contributed by atoms with Crippen molar-refractivity contribution in [2.45, 2.75) is 32.7 Å². The van der Waals surface area contributed by atoms with Gasteiger partial charge in [-0.3, -0.25) is 14.0 Å². The van der Waals surface area contributed by atoms with Crippen LogP contribution in [0.4, 0.5) is 36.3 Å². The number of methoxy groups -OCH3 is 1. The Kier molecular flexibility index (Phi) is 9.60. The summed E-state index contributed by atoms with van der Waals surface area (Å²) in [6, 6.07) is 7.85. The van der Waals surface area contributed by atoms with E-state index in [4.69, 9.17) is 13.8 Å². The molecule has 8 bridgehead atoms. The molecule has 1 aromatic carbocycles. The van der Waals surface area contributed by atoms with E-state index in [1.165, 1.54) is 20.2 Å². The fraction of sp³-hybridized carbons (Fsp3) is 0.345. The molecule has 0 radical (unpaired) electrons. The summed E-state index contributed by atoms with van der Waals surface area (Å²) in [7, 11) is -0.795. The van der Waals surface area contributed by atoms with Gasteiger partial charge >= 0.3 is 13.8 Å². The number of pyridine rings is 1. The Bertz CT molecular complexity index is 1780. The third-order valence-corrected chi connectivity index (χ3v) is 8.83. The van der Waals surface area contributed by atoms with Crippen LogP contribution in [-0.4, -0.2) is 58.0 Å². The summed E-state index contributed by atoms with van der Waals surface area (Å²) in [5.41, 5.74) is 0.491. The van der Waals surface area contributed by atoms with Gasteiger partial charge in [0, 0.05) is 31.5 Å². The molecule has 0 saturated heterocycles. The van der Waals surface area contributed by atoms with Gasteiger partial charge in [0.15, 0.2) is 5.69 Å². The van der Waals surface area contributed by atoms with Gasteiger partial charge in [0.1, 0.15) is 17.1 Å². The third-order valence-electron chi connectivity index (χ3n) is 6.88.